The molecule has 1 atom stereocenters. The average Bonchev–Trinajstić information content (AvgIpc) is 2.67. The molecule has 5 heteroatoms. The van der Waals surface area contributed by atoms with Crippen LogP contribution in [0.4, 0.5) is 0 Å². The molecular formula is C13H12Br2ClNS. The summed E-state index contributed by atoms with van der Waals surface area (Å²) in [5.74, 6) is 0. The van der Waals surface area contributed by atoms with Gasteiger partial charge in [0.25, 0.3) is 0 Å². The predicted octanol–water partition coefficient (Wildman–Crippen LogP) is 5.78. The molecule has 1 N–H and O–H groups in total. The summed E-state index contributed by atoms with van der Waals surface area (Å²) in [6.07, 6.45) is 0. The molecule has 1 aromatic carbocycles. The normalized spacial score (nSPS) is 12.7. The van der Waals surface area contributed by atoms with Crippen molar-refractivity contribution in [2.24, 2.45) is 0 Å². The smallest absolute Gasteiger partial charge is 0.0843 e. The van der Waals surface area contributed by atoms with Crippen LogP contribution in [0.5, 0.6) is 0 Å². The minimum atomic E-state index is 0.307. The molecule has 2 aromatic rings. The van der Waals surface area contributed by atoms with Crippen LogP contribution in [0.1, 0.15) is 23.4 Å². The lowest BCUT2D eigenvalue weighted by atomic mass is 10.1. The summed E-state index contributed by atoms with van der Waals surface area (Å²) < 4.78 is 2.25. The molecule has 0 radical (unpaired) electrons. The summed E-state index contributed by atoms with van der Waals surface area (Å²) in [6, 6.07) is 10.4. The van der Waals surface area contributed by atoms with E-state index in [1.165, 1.54) is 10.4 Å². The fourth-order valence-electron chi connectivity index (χ4n) is 1.60. The molecule has 0 aliphatic carbocycles. The molecule has 0 aliphatic heterocycles. The molecular weight excluding hydrogens is 397 g/mol. The Balaban J connectivity index is 1.95. The summed E-state index contributed by atoms with van der Waals surface area (Å²) in [7, 11) is 0. The highest BCUT2D eigenvalue weighted by Crippen LogP contribution is 2.32. The van der Waals surface area contributed by atoms with Gasteiger partial charge in [0.2, 0.25) is 0 Å². The third kappa shape index (κ3) is 3.81. The predicted molar refractivity (Wildman–Crippen MR) is 86.4 cm³/mol. The van der Waals surface area contributed by atoms with E-state index in [0.29, 0.717) is 6.04 Å². The maximum Gasteiger partial charge on any atom is 0.0843 e. The standard InChI is InChI=1S/C13H12Br2ClNS/c1-8(9-2-4-10(16)5-3-9)17-7-11-6-12(14)13(15)18-11/h2-6,8,17H,7H2,1H3. The summed E-state index contributed by atoms with van der Waals surface area (Å²) in [6.45, 7) is 3.01. The highest BCUT2D eigenvalue weighted by atomic mass is 79.9. The second-order valence-electron chi connectivity index (χ2n) is 3.99. The molecule has 0 saturated heterocycles. The van der Waals surface area contributed by atoms with Crippen LogP contribution in [-0.2, 0) is 6.54 Å². The first-order valence-electron chi connectivity index (χ1n) is 5.49. The Labute approximate surface area is 133 Å². The fourth-order valence-corrected chi connectivity index (χ4v) is 3.86. The van der Waals surface area contributed by atoms with Crippen molar-refractivity contribution in [3.05, 3.63) is 54.1 Å². The summed E-state index contributed by atoms with van der Waals surface area (Å²) in [5, 5.41) is 4.28. The van der Waals surface area contributed by atoms with Crippen LogP contribution >= 0.6 is 54.8 Å². The van der Waals surface area contributed by atoms with Gasteiger partial charge in [-0.05, 0) is 62.5 Å². The molecule has 2 rings (SSSR count). The van der Waals surface area contributed by atoms with Gasteiger partial charge in [0.05, 0.1) is 3.79 Å². The van der Waals surface area contributed by atoms with E-state index in [1.54, 1.807) is 11.3 Å². The van der Waals surface area contributed by atoms with E-state index in [-0.39, 0.29) is 0 Å². The fraction of sp³-hybridized carbons (Fsp3) is 0.231. The minimum Gasteiger partial charge on any atom is -0.305 e. The number of benzene rings is 1. The topological polar surface area (TPSA) is 12.0 Å². The lowest BCUT2D eigenvalue weighted by Crippen LogP contribution is -2.17. The van der Waals surface area contributed by atoms with Crippen LogP contribution in [0.3, 0.4) is 0 Å². The summed E-state index contributed by atoms with van der Waals surface area (Å²) in [4.78, 5) is 1.30. The number of rotatable bonds is 4. The van der Waals surface area contributed by atoms with Crippen molar-refractivity contribution in [1.29, 1.82) is 0 Å². The zero-order chi connectivity index (χ0) is 13.1. The molecule has 0 saturated carbocycles. The van der Waals surface area contributed by atoms with Gasteiger partial charge in [-0.25, -0.2) is 0 Å². The third-order valence-electron chi connectivity index (χ3n) is 2.65. The molecule has 96 valence electrons. The van der Waals surface area contributed by atoms with E-state index in [4.69, 9.17) is 11.6 Å². The van der Waals surface area contributed by atoms with E-state index in [2.05, 4.69) is 62.3 Å². The van der Waals surface area contributed by atoms with Crippen molar-refractivity contribution >= 4 is 54.8 Å². The summed E-state index contributed by atoms with van der Waals surface area (Å²) >= 11 is 14.6. The van der Waals surface area contributed by atoms with Gasteiger partial charge in [-0.15, -0.1) is 11.3 Å². The first kappa shape index (κ1) is 14.5. The van der Waals surface area contributed by atoms with Crippen molar-refractivity contribution in [3.8, 4) is 0 Å². The minimum absolute atomic E-state index is 0.307. The van der Waals surface area contributed by atoms with Crippen LogP contribution in [0.15, 0.2) is 38.6 Å². The highest BCUT2D eigenvalue weighted by molar-refractivity contribution is 9.13. The molecule has 1 heterocycles. The number of nitrogens with one attached hydrogen (secondary N) is 1. The lowest BCUT2D eigenvalue weighted by Gasteiger charge is -2.13. The van der Waals surface area contributed by atoms with Crippen molar-refractivity contribution < 1.29 is 0 Å². The van der Waals surface area contributed by atoms with Crippen molar-refractivity contribution in [3.63, 3.8) is 0 Å². The first-order valence-corrected chi connectivity index (χ1v) is 8.27. The molecule has 18 heavy (non-hydrogen) atoms. The molecule has 0 spiro atoms. The number of halogens is 3. The highest BCUT2D eigenvalue weighted by Gasteiger charge is 2.07. The van der Waals surface area contributed by atoms with Crippen molar-refractivity contribution in [1.82, 2.24) is 5.32 Å². The Morgan fingerprint density at radius 3 is 2.50 bits per heavy atom. The zero-order valence-electron chi connectivity index (χ0n) is 9.71. The first-order chi connectivity index (χ1) is 8.56. The van der Waals surface area contributed by atoms with Crippen LogP contribution < -0.4 is 5.32 Å². The number of hydrogen-bond acceptors (Lipinski definition) is 2. The Morgan fingerprint density at radius 1 is 1.28 bits per heavy atom. The van der Waals surface area contributed by atoms with Gasteiger partial charge in [0.1, 0.15) is 0 Å². The largest absolute Gasteiger partial charge is 0.305 e. The SMILES string of the molecule is CC(NCc1cc(Br)c(Br)s1)c1ccc(Cl)cc1. The monoisotopic (exact) mass is 407 g/mol. The average molecular weight is 410 g/mol. The van der Waals surface area contributed by atoms with E-state index < -0.39 is 0 Å². The molecule has 0 aliphatic rings. The molecule has 1 aromatic heterocycles. The van der Waals surface area contributed by atoms with Crippen LogP contribution in [0.25, 0.3) is 0 Å². The number of hydrogen-bond donors (Lipinski definition) is 1. The van der Waals surface area contributed by atoms with Crippen molar-refractivity contribution in [2.75, 3.05) is 0 Å². The summed E-state index contributed by atoms with van der Waals surface area (Å²) in [5.41, 5.74) is 1.24. The van der Waals surface area contributed by atoms with Gasteiger partial charge in [-0.2, -0.15) is 0 Å². The maximum absolute atomic E-state index is 5.88. The quantitative estimate of drug-likeness (QED) is 0.675. The van der Waals surface area contributed by atoms with Gasteiger partial charge < -0.3 is 5.32 Å². The Hall–Kier alpha value is 0.130. The molecule has 0 bridgehead atoms. The zero-order valence-corrected chi connectivity index (χ0v) is 14.5. The van der Waals surface area contributed by atoms with Gasteiger partial charge in [0, 0.05) is 27.0 Å². The molecule has 1 nitrogen and oxygen atoms in total. The van der Waals surface area contributed by atoms with Crippen LogP contribution in [0, 0.1) is 0 Å². The van der Waals surface area contributed by atoms with Crippen molar-refractivity contribution in [2.45, 2.75) is 19.5 Å². The van der Waals surface area contributed by atoms with E-state index in [0.717, 1.165) is 19.8 Å². The number of thiophene rings is 1. The molecule has 0 fully saturated rings. The van der Waals surface area contributed by atoms with E-state index >= 15 is 0 Å². The van der Waals surface area contributed by atoms with Gasteiger partial charge >= 0.3 is 0 Å². The van der Waals surface area contributed by atoms with E-state index in [1.807, 2.05) is 12.1 Å². The van der Waals surface area contributed by atoms with Gasteiger partial charge in [0.15, 0.2) is 0 Å². The van der Waals surface area contributed by atoms with Crippen LogP contribution in [0.2, 0.25) is 5.02 Å². The Morgan fingerprint density at radius 2 is 1.94 bits per heavy atom. The van der Waals surface area contributed by atoms with Gasteiger partial charge in [-0.3, -0.25) is 0 Å². The Bertz CT molecular complexity index is 505. The second-order valence-corrected chi connectivity index (χ2v) is 7.73. The molecule has 0 amide bonds. The lowest BCUT2D eigenvalue weighted by molar-refractivity contribution is 0.579. The van der Waals surface area contributed by atoms with Gasteiger partial charge in [-0.1, -0.05) is 23.7 Å². The van der Waals surface area contributed by atoms with Crippen LogP contribution in [-0.4, -0.2) is 0 Å². The molecule has 1 unspecified atom stereocenters. The third-order valence-corrected chi connectivity index (χ3v) is 6.16. The maximum atomic E-state index is 5.88. The second kappa shape index (κ2) is 6.53. The Kier molecular flexibility index (Phi) is 5.27. The van der Waals surface area contributed by atoms with E-state index in [9.17, 15) is 0 Å².